The quantitative estimate of drug-likeness (QED) is 0.340. The molecular formula is C14H17N3OS. The van der Waals surface area contributed by atoms with Crippen LogP contribution in [0.4, 0.5) is 0 Å². The minimum atomic E-state index is 0.131. The molecule has 0 saturated carbocycles. The van der Waals surface area contributed by atoms with Gasteiger partial charge in [-0.05, 0) is 34.9 Å². The zero-order chi connectivity index (χ0) is 13.7. The second-order valence-electron chi connectivity index (χ2n) is 4.34. The Bertz CT molecular complexity index is 534. The molecule has 0 fully saturated rings. The lowest BCUT2D eigenvalue weighted by atomic mass is 10.1. The fourth-order valence-corrected chi connectivity index (χ4v) is 2.52. The lowest BCUT2D eigenvalue weighted by molar-refractivity contribution is 0.318. The topological polar surface area (TPSA) is 70.6 Å². The van der Waals surface area contributed by atoms with Crippen molar-refractivity contribution in [1.29, 1.82) is 0 Å². The zero-order valence-corrected chi connectivity index (χ0v) is 11.5. The van der Waals surface area contributed by atoms with Crippen LogP contribution in [0.1, 0.15) is 29.7 Å². The number of nitrogens with two attached hydrogens (primary N) is 1. The van der Waals surface area contributed by atoms with E-state index in [9.17, 15) is 0 Å². The van der Waals surface area contributed by atoms with Gasteiger partial charge in [0, 0.05) is 18.2 Å². The number of thiophene rings is 1. The number of nitrogens with one attached hydrogen (secondary N) is 1. The van der Waals surface area contributed by atoms with Crippen molar-refractivity contribution in [2.24, 2.45) is 10.9 Å². The molecule has 1 heterocycles. The maximum atomic E-state index is 8.59. The van der Waals surface area contributed by atoms with Gasteiger partial charge in [0.05, 0.1) is 0 Å². The summed E-state index contributed by atoms with van der Waals surface area (Å²) in [5, 5.41) is 19.3. The van der Waals surface area contributed by atoms with E-state index in [1.807, 2.05) is 24.3 Å². The van der Waals surface area contributed by atoms with Crippen LogP contribution in [0, 0.1) is 0 Å². The summed E-state index contributed by atoms with van der Waals surface area (Å²) in [6, 6.07) is 10.1. The number of hydrogen-bond acceptors (Lipinski definition) is 4. The number of rotatable bonds is 5. The number of nitrogens with zero attached hydrogens (tertiary/aromatic N) is 1. The van der Waals surface area contributed by atoms with Crippen molar-refractivity contribution in [3.63, 3.8) is 0 Å². The Morgan fingerprint density at radius 1 is 1.37 bits per heavy atom. The van der Waals surface area contributed by atoms with Crippen molar-refractivity contribution in [2.75, 3.05) is 0 Å². The highest BCUT2D eigenvalue weighted by Gasteiger charge is 2.05. The monoisotopic (exact) mass is 275 g/mol. The van der Waals surface area contributed by atoms with Crippen LogP contribution in [0.25, 0.3) is 0 Å². The van der Waals surface area contributed by atoms with Crippen LogP contribution in [0.2, 0.25) is 0 Å². The van der Waals surface area contributed by atoms with Gasteiger partial charge in [0.25, 0.3) is 0 Å². The van der Waals surface area contributed by atoms with Gasteiger partial charge in [-0.15, -0.1) is 0 Å². The third-order valence-corrected chi connectivity index (χ3v) is 3.71. The molecule has 4 N–H and O–H groups in total. The normalized spacial score (nSPS) is 13.4. The van der Waals surface area contributed by atoms with Crippen molar-refractivity contribution < 1.29 is 5.21 Å². The molecule has 1 aromatic carbocycles. The molecule has 0 radical (unpaired) electrons. The highest BCUT2D eigenvalue weighted by Crippen LogP contribution is 2.16. The van der Waals surface area contributed by atoms with Crippen LogP contribution in [-0.2, 0) is 6.54 Å². The van der Waals surface area contributed by atoms with Crippen LogP contribution in [-0.4, -0.2) is 11.0 Å². The lowest BCUT2D eigenvalue weighted by Gasteiger charge is -2.12. The van der Waals surface area contributed by atoms with Gasteiger partial charge in [-0.2, -0.15) is 11.3 Å². The molecule has 0 aliphatic carbocycles. The molecule has 4 nitrogen and oxygen atoms in total. The first-order valence-electron chi connectivity index (χ1n) is 6.03. The zero-order valence-electron chi connectivity index (χ0n) is 10.7. The number of oxime groups is 1. The van der Waals surface area contributed by atoms with E-state index in [2.05, 4.69) is 34.2 Å². The van der Waals surface area contributed by atoms with Crippen molar-refractivity contribution in [1.82, 2.24) is 5.32 Å². The van der Waals surface area contributed by atoms with Crippen LogP contribution in [0.5, 0.6) is 0 Å². The van der Waals surface area contributed by atoms with E-state index in [1.54, 1.807) is 11.3 Å². The molecule has 0 amide bonds. The van der Waals surface area contributed by atoms with Crippen LogP contribution < -0.4 is 11.1 Å². The summed E-state index contributed by atoms with van der Waals surface area (Å²) >= 11 is 1.71. The van der Waals surface area contributed by atoms with E-state index >= 15 is 0 Å². The van der Waals surface area contributed by atoms with Gasteiger partial charge in [-0.3, -0.25) is 0 Å². The standard InChI is InChI=1S/C14H17N3OS/c1-10(13-6-7-19-9-13)16-8-11-2-4-12(5-3-11)14(15)17-18/h2-7,9-10,16,18H,8H2,1H3,(H2,15,17). The van der Waals surface area contributed by atoms with E-state index < -0.39 is 0 Å². The van der Waals surface area contributed by atoms with Crippen LogP contribution in [0.15, 0.2) is 46.2 Å². The molecule has 0 spiro atoms. The minimum absolute atomic E-state index is 0.131. The van der Waals surface area contributed by atoms with Gasteiger partial charge in [-0.1, -0.05) is 29.4 Å². The van der Waals surface area contributed by atoms with Gasteiger partial charge < -0.3 is 16.3 Å². The van der Waals surface area contributed by atoms with Crippen molar-refractivity contribution >= 4 is 17.2 Å². The van der Waals surface area contributed by atoms with E-state index in [4.69, 9.17) is 10.9 Å². The van der Waals surface area contributed by atoms with E-state index in [0.717, 1.165) is 17.7 Å². The van der Waals surface area contributed by atoms with Crippen molar-refractivity contribution in [3.8, 4) is 0 Å². The largest absolute Gasteiger partial charge is 0.409 e. The second-order valence-corrected chi connectivity index (χ2v) is 5.12. The van der Waals surface area contributed by atoms with Crippen molar-refractivity contribution in [3.05, 3.63) is 57.8 Å². The molecule has 0 aliphatic heterocycles. The summed E-state index contributed by atoms with van der Waals surface area (Å²) in [6.07, 6.45) is 0. The predicted octanol–water partition coefficient (Wildman–Crippen LogP) is 2.69. The average molecular weight is 275 g/mol. The first-order chi connectivity index (χ1) is 9.20. The lowest BCUT2D eigenvalue weighted by Crippen LogP contribution is -2.18. The molecule has 0 saturated heterocycles. The highest BCUT2D eigenvalue weighted by atomic mass is 32.1. The minimum Gasteiger partial charge on any atom is -0.409 e. The Kier molecular flexibility index (Phi) is 4.54. The molecule has 1 atom stereocenters. The van der Waals surface area contributed by atoms with Gasteiger partial charge >= 0.3 is 0 Å². The van der Waals surface area contributed by atoms with Crippen molar-refractivity contribution in [2.45, 2.75) is 19.5 Å². The molecule has 100 valence electrons. The summed E-state index contributed by atoms with van der Waals surface area (Å²) < 4.78 is 0. The van der Waals surface area contributed by atoms with Crippen LogP contribution >= 0.6 is 11.3 Å². The number of benzene rings is 1. The Hall–Kier alpha value is -1.85. The first kappa shape index (κ1) is 13.6. The summed E-state index contributed by atoms with van der Waals surface area (Å²) in [5.41, 5.74) is 8.70. The molecule has 1 aromatic heterocycles. The number of amidine groups is 1. The fourth-order valence-electron chi connectivity index (χ4n) is 1.76. The van der Waals surface area contributed by atoms with Gasteiger partial charge in [-0.25, -0.2) is 0 Å². The molecule has 5 heteroatoms. The Morgan fingerprint density at radius 3 is 2.68 bits per heavy atom. The smallest absolute Gasteiger partial charge is 0.170 e. The molecule has 0 aliphatic rings. The summed E-state index contributed by atoms with van der Waals surface area (Å²) in [4.78, 5) is 0. The molecule has 2 aromatic rings. The SMILES string of the molecule is CC(NCc1ccc(C(N)=NO)cc1)c1ccsc1. The summed E-state index contributed by atoms with van der Waals surface area (Å²) in [6.45, 7) is 2.93. The summed E-state index contributed by atoms with van der Waals surface area (Å²) in [7, 11) is 0. The third-order valence-electron chi connectivity index (χ3n) is 3.01. The molecule has 19 heavy (non-hydrogen) atoms. The first-order valence-corrected chi connectivity index (χ1v) is 6.97. The van der Waals surface area contributed by atoms with Crippen LogP contribution in [0.3, 0.4) is 0 Å². The maximum Gasteiger partial charge on any atom is 0.170 e. The molecule has 2 rings (SSSR count). The summed E-state index contributed by atoms with van der Waals surface area (Å²) in [5.74, 6) is 0.131. The van der Waals surface area contributed by atoms with E-state index in [1.165, 1.54) is 5.56 Å². The Morgan fingerprint density at radius 2 is 2.11 bits per heavy atom. The second kappa shape index (κ2) is 6.36. The number of hydrogen-bond donors (Lipinski definition) is 3. The van der Waals surface area contributed by atoms with Gasteiger partial charge in [0.2, 0.25) is 0 Å². The molecule has 1 unspecified atom stereocenters. The highest BCUT2D eigenvalue weighted by molar-refractivity contribution is 7.07. The Labute approximate surface area is 116 Å². The van der Waals surface area contributed by atoms with Gasteiger partial charge in [0.15, 0.2) is 5.84 Å². The average Bonchev–Trinajstić information content (AvgIpc) is 2.98. The Balaban J connectivity index is 1.93. The van der Waals surface area contributed by atoms with E-state index in [-0.39, 0.29) is 5.84 Å². The van der Waals surface area contributed by atoms with Gasteiger partial charge in [0.1, 0.15) is 0 Å². The maximum absolute atomic E-state index is 8.59. The molecular weight excluding hydrogens is 258 g/mol. The third kappa shape index (κ3) is 3.56. The fraction of sp³-hybridized carbons (Fsp3) is 0.214. The predicted molar refractivity (Wildman–Crippen MR) is 78.5 cm³/mol. The molecule has 0 bridgehead atoms. The van der Waals surface area contributed by atoms with E-state index in [0.29, 0.717) is 6.04 Å².